The highest BCUT2D eigenvalue weighted by Crippen LogP contribution is 2.42. The number of nitrogens with zero attached hydrogens (tertiary/aromatic N) is 1. The summed E-state index contributed by atoms with van der Waals surface area (Å²) in [5.41, 5.74) is 3.89. The molecular weight excluding hydrogens is 414 g/mol. The number of carbonyl (C=O) groups excluding carboxylic acids is 1. The number of rotatable bonds is 7. The molecule has 2 rings (SSSR count). The monoisotopic (exact) mass is 456 g/mol. The Hall–Kier alpha value is -2.37. The second kappa shape index (κ2) is 9.86. The van der Waals surface area contributed by atoms with E-state index >= 15 is 0 Å². The van der Waals surface area contributed by atoms with Gasteiger partial charge in [0.05, 0.1) is 19.7 Å². The molecule has 0 spiro atoms. The highest BCUT2D eigenvalue weighted by molar-refractivity contribution is 5.90. The molecule has 2 aromatic carbocycles. The molecule has 0 fully saturated rings. The van der Waals surface area contributed by atoms with Gasteiger partial charge in [0.1, 0.15) is 31.5 Å². The van der Waals surface area contributed by atoms with Crippen LogP contribution in [0.2, 0.25) is 0 Å². The smallest absolute Gasteiger partial charge is 0.338 e. The van der Waals surface area contributed by atoms with E-state index in [9.17, 15) is 15.0 Å². The van der Waals surface area contributed by atoms with Gasteiger partial charge >= 0.3 is 5.97 Å². The highest BCUT2D eigenvalue weighted by Gasteiger charge is 2.25. The van der Waals surface area contributed by atoms with E-state index in [0.29, 0.717) is 23.1 Å². The number of hydrogen-bond acceptors (Lipinski definition) is 4. The number of phenolic OH excluding ortho intramolecular Hbond substituents is 1. The Kier molecular flexibility index (Phi) is 8.03. The number of likely N-dealkylation sites (N-methyl/N-ethyl adjacent to an activating group) is 1. The highest BCUT2D eigenvalue weighted by atomic mass is 16.5. The molecule has 0 aliphatic heterocycles. The third kappa shape index (κ3) is 7.31. The lowest BCUT2D eigenvalue weighted by molar-refractivity contribution is -0.893. The molecule has 1 atom stereocenters. The van der Waals surface area contributed by atoms with Gasteiger partial charge < -0.3 is 19.4 Å². The SMILES string of the molecule is CC(O)C[N+](C)(C)CCOC(=O)c1ccc(-c2cc(C(C)(C)C)cc(C(C)(C)C)c2O)cc1. The van der Waals surface area contributed by atoms with Crippen LogP contribution in [0.4, 0.5) is 0 Å². The van der Waals surface area contributed by atoms with Crippen LogP contribution in [0.3, 0.4) is 0 Å². The van der Waals surface area contributed by atoms with Crippen LogP contribution in [0.25, 0.3) is 11.1 Å². The number of ether oxygens (including phenoxy) is 1. The quantitative estimate of drug-likeness (QED) is 0.440. The summed E-state index contributed by atoms with van der Waals surface area (Å²) in [6.07, 6.45) is -0.407. The zero-order chi connectivity index (χ0) is 25.2. The fourth-order valence-electron chi connectivity index (χ4n) is 3.92. The van der Waals surface area contributed by atoms with E-state index in [1.54, 1.807) is 19.1 Å². The number of benzene rings is 2. The van der Waals surface area contributed by atoms with Crippen molar-refractivity contribution in [3.8, 4) is 16.9 Å². The molecule has 1 unspecified atom stereocenters. The summed E-state index contributed by atoms with van der Waals surface area (Å²) in [4.78, 5) is 12.5. The Labute approximate surface area is 199 Å². The number of aromatic hydroxyl groups is 1. The molecule has 0 saturated heterocycles. The minimum atomic E-state index is -0.407. The van der Waals surface area contributed by atoms with Crippen molar-refractivity contribution < 1.29 is 24.2 Å². The average Bonchev–Trinajstić information content (AvgIpc) is 2.65. The van der Waals surface area contributed by atoms with Crippen molar-refractivity contribution in [3.63, 3.8) is 0 Å². The van der Waals surface area contributed by atoms with E-state index in [1.165, 1.54) is 0 Å². The molecule has 2 N–H and O–H groups in total. The first-order valence-corrected chi connectivity index (χ1v) is 11.7. The topological polar surface area (TPSA) is 66.8 Å². The number of esters is 1. The molecular formula is C28H42NO4+. The van der Waals surface area contributed by atoms with Gasteiger partial charge in [0.25, 0.3) is 0 Å². The van der Waals surface area contributed by atoms with Crippen LogP contribution in [-0.4, -0.2) is 60.6 Å². The molecule has 33 heavy (non-hydrogen) atoms. The van der Waals surface area contributed by atoms with Gasteiger partial charge in [-0.25, -0.2) is 4.79 Å². The summed E-state index contributed by atoms with van der Waals surface area (Å²) in [7, 11) is 4.00. The van der Waals surface area contributed by atoms with Crippen molar-refractivity contribution in [2.75, 3.05) is 33.8 Å². The van der Waals surface area contributed by atoms with E-state index in [-0.39, 0.29) is 29.2 Å². The van der Waals surface area contributed by atoms with Crippen molar-refractivity contribution in [1.82, 2.24) is 0 Å². The van der Waals surface area contributed by atoms with Gasteiger partial charge in [-0.3, -0.25) is 0 Å². The van der Waals surface area contributed by atoms with Crippen molar-refractivity contribution >= 4 is 5.97 Å². The second-order valence-corrected chi connectivity index (χ2v) is 11.8. The largest absolute Gasteiger partial charge is 0.507 e. The maximum Gasteiger partial charge on any atom is 0.338 e. The Morgan fingerprint density at radius 3 is 2.06 bits per heavy atom. The van der Waals surface area contributed by atoms with Gasteiger partial charge in [0.15, 0.2) is 0 Å². The number of carbonyl (C=O) groups is 1. The molecule has 0 heterocycles. The first-order chi connectivity index (χ1) is 15.0. The van der Waals surface area contributed by atoms with E-state index in [0.717, 1.165) is 22.3 Å². The Morgan fingerprint density at radius 1 is 1.00 bits per heavy atom. The maximum atomic E-state index is 12.5. The fourth-order valence-corrected chi connectivity index (χ4v) is 3.92. The number of aliphatic hydroxyl groups is 1. The lowest BCUT2D eigenvalue weighted by atomic mass is 9.78. The van der Waals surface area contributed by atoms with E-state index in [1.807, 2.05) is 32.3 Å². The minimum Gasteiger partial charge on any atom is -0.507 e. The zero-order valence-electron chi connectivity index (χ0n) is 21.8. The first kappa shape index (κ1) is 26.9. The zero-order valence-corrected chi connectivity index (χ0v) is 21.8. The predicted octanol–water partition coefficient (Wildman–Crippen LogP) is 5.27. The van der Waals surface area contributed by atoms with Gasteiger partial charge in [-0.05, 0) is 47.1 Å². The summed E-state index contributed by atoms with van der Waals surface area (Å²) in [6, 6.07) is 11.3. The molecule has 0 aromatic heterocycles. The molecule has 0 saturated carbocycles. The fraction of sp³-hybridized carbons (Fsp3) is 0.536. The molecule has 0 bridgehead atoms. The van der Waals surface area contributed by atoms with Crippen LogP contribution in [0, 0.1) is 0 Å². The summed E-state index contributed by atoms with van der Waals surface area (Å²) >= 11 is 0. The molecule has 5 nitrogen and oxygen atoms in total. The number of hydrogen-bond donors (Lipinski definition) is 2. The molecule has 0 radical (unpaired) electrons. The van der Waals surface area contributed by atoms with Crippen molar-refractivity contribution in [2.45, 2.75) is 65.4 Å². The van der Waals surface area contributed by atoms with Gasteiger partial charge in [0, 0.05) is 11.1 Å². The van der Waals surface area contributed by atoms with Crippen LogP contribution in [0.5, 0.6) is 5.75 Å². The van der Waals surface area contributed by atoms with Crippen LogP contribution >= 0.6 is 0 Å². The Morgan fingerprint density at radius 2 is 1.58 bits per heavy atom. The lowest BCUT2D eigenvalue weighted by Gasteiger charge is -2.30. The third-order valence-electron chi connectivity index (χ3n) is 5.90. The molecule has 2 aromatic rings. The third-order valence-corrected chi connectivity index (χ3v) is 5.90. The van der Waals surface area contributed by atoms with Crippen LogP contribution in [0.1, 0.15) is 70.0 Å². The summed E-state index contributed by atoms with van der Waals surface area (Å²) in [5.74, 6) is -0.0921. The normalized spacial score (nSPS) is 13.6. The number of quaternary nitrogens is 1. The molecule has 182 valence electrons. The van der Waals surface area contributed by atoms with Gasteiger partial charge in [-0.1, -0.05) is 59.7 Å². The second-order valence-electron chi connectivity index (χ2n) is 11.8. The Bertz CT molecular complexity index is 961. The lowest BCUT2D eigenvalue weighted by Crippen LogP contribution is -2.46. The van der Waals surface area contributed by atoms with E-state index < -0.39 is 6.10 Å². The summed E-state index contributed by atoms with van der Waals surface area (Å²) < 4.78 is 6.03. The average molecular weight is 457 g/mol. The number of aliphatic hydroxyl groups excluding tert-OH is 1. The molecule has 5 heteroatoms. The minimum absolute atomic E-state index is 0.0632. The summed E-state index contributed by atoms with van der Waals surface area (Å²) in [6.45, 7) is 16.0. The number of phenols is 1. The van der Waals surface area contributed by atoms with Crippen molar-refractivity contribution in [1.29, 1.82) is 0 Å². The van der Waals surface area contributed by atoms with Crippen LogP contribution in [-0.2, 0) is 15.6 Å². The Balaban J connectivity index is 2.25. The summed E-state index contributed by atoms with van der Waals surface area (Å²) in [5, 5.41) is 20.7. The van der Waals surface area contributed by atoms with Gasteiger partial charge in [-0.15, -0.1) is 0 Å². The molecule has 0 aliphatic carbocycles. The first-order valence-electron chi connectivity index (χ1n) is 11.7. The molecule has 0 amide bonds. The molecule has 0 aliphatic rings. The van der Waals surface area contributed by atoms with Crippen molar-refractivity contribution in [2.24, 2.45) is 0 Å². The predicted molar refractivity (Wildman–Crippen MR) is 135 cm³/mol. The maximum absolute atomic E-state index is 12.5. The van der Waals surface area contributed by atoms with E-state index in [4.69, 9.17) is 4.74 Å². The van der Waals surface area contributed by atoms with Crippen LogP contribution in [0.15, 0.2) is 36.4 Å². The van der Waals surface area contributed by atoms with Crippen molar-refractivity contribution in [3.05, 3.63) is 53.1 Å². The van der Waals surface area contributed by atoms with Gasteiger partial charge in [-0.2, -0.15) is 0 Å². The van der Waals surface area contributed by atoms with E-state index in [2.05, 4.69) is 47.6 Å². The van der Waals surface area contributed by atoms with Gasteiger partial charge in [0.2, 0.25) is 0 Å². The van der Waals surface area contributed by atoms with Crippen LogP contribution < -0.4 is 0 Å². The standard InChI is InChI=1S/C28H41NO4/c1-19(30)18-29(8,9)14-15-33-26(32)21-12-10-20(11-13-21)23-16-22(27(2,3)4)17-24(25(23)31)28(5,6)7/h10-13,16-17,19,30H,14-15,18H2,1-9H3/p+1.